The van der Waals surface area contributed by atoms with Crippen LogP contribution in [0, 0.1) is 6.92 Å². The second-order valence-corrected chi connectivity index (χ2v) is 4.44. The molecule has 0 aliphatic heterocycles. The highest BCUT2D eigenvalue weighted by Crippen LogP contribution is 2.22. The van der Waals surface area contributed by atoms with Crippen molar-refractivity contribution in [1.29, 1.82) is 0 Å². The van der Waals surface area contributed by atoms with Crippen LogP contribution in [0.4, 0.5) is 5.95 Å². The van der Waals surface area contributed by atoms with Gasteiger partial charge in [0.1, 0.15) is 5.69 Å². The van der Waals surface area contributed by atoms with Crippen LogP contribution < -0.4 is 5.32 Å². The summed E-state index contributed by atoms with van der Waals surface area (Å²) in [6.45, 7) is 7.79. The third-order valence-electron chi connectivity index (χ3n) is 2.25. The Morgan fingerprint density at radius 2 is 2.19 bits per heavy atom. The van der Waals surface area contributed by atoms with Crippen molar-refractivity contribution in [2.45, 2.75) is 27.3 Å². The van der Waals surface area contributed by atoms with E-state index in [0.717, 1.165) is 35.6 Å². The highest BCUT2D eigenvalue weighted by atomic mass is 32.1. The summed E-state index contributed by atoms with van der Waals surface area (Å²) in [6.07, 6.45) is 0. The predicted octanol–water partition coefficient (Wildman–Crippen LogP) is 2.16. The van der Waals surface area contributed by atoms with Gasteiger partial charge in [-0.15, -0.1) is 21.5 Å². The van der Waals surface area contributed by atoms with E-state index < -0.39 is 0 Å². The van der Waals surface area contributed by atoms with E-state index in [0.29, 0.717) is 0 Å². The van der Waals surface area contributed by atoms with Gasteiger partial charge < -0.3 is 5.32 Å². The van der Waals surface area contributed by atoms with Crippen molar-refractivity contribution in [2.24, 2.45) is 0 Å². The Hall–Kier alpha value is -1.43. The Kier molecular flexibility index (Phi) is 3.19. The predicted molar refractivity (Wildman–Crippen MR) is 65.7 cm³/mol. The molecule has 0 spiro atoms. The molecule has 0 radical (unpaired) electrons. The summed E-state index contributed by atoms with van der Waals surface area (Å²) < 4.78 is 2.04. The summed E-state index contributed by atoms with van der Waals surface area (Å²) in [4.78, 5) is 4.43. The number of thiazole rings is 1. The zero-order valence-corrected chi connectivity index (χ0v) is 10.5. The Labute approximate surface area is 98.5 Å². The van der Waals surface area contributed by atoms with Crippen LogP contribution in [0.25, 0.3) is 11.5 Å². The Morgan fingerprint density at radius 3 is 2.75 bits per heavy atom. The maximum atomic E-state index is 4.43. The molecule has 2 heterocycles. The number of nitrogens with zero attached hydrogens (tertiary/aromatic N) is 4. The summed E-state index contributed by atoms with van der Waals surface area (Å²) in [5.74, 6) is 1.65. The smallest absolute Gasteiger partial charge is 0.224 e. The van der Waals surface area contributed by atoms with Gasteiger partial charge in [0.25, 0.3) is 0 Å². The van der Waals surface area contributed by atoms with E-state index in [2.05, 4.69) is 27.4 Å². The molecule has 5 nitrogen and oxygen atoms in total. The highest BCUT2D eigenvalue weighted by molar-refractivity contribution is 7.09. The second kappa shape index (κ2) is 4.61. The first-order chi connectivity index (χ1) is 7.76. The van der Waals surface area contributed by atoms with Gasteiger partial charge in [0.15, 0.2) is 5.82 Å². The lowest BCUT2D eigenvalue weighted by Crippen LogP contribution is -2.06. The van der Waals surface area contributed by atoms with Gasteiger partial charge >= 0.3 is 0 Å². The maximum Gasteiger partial charge on any atom is 0.224 e. The van der Waals surface area contributed by atoms with E-state index in [1.165, 1.54) is 0 Å². The third kappa shape index (κ3) is 1.92. The molecule has 0 bridgehead atoms. The van der Waals surface area contributed by atoms with Crippen molar-refractivity contribution in [3.05, 3.63) is 10.4 Å². The second-order valence-electron chi connectivity index (χ2n) is 3.37. The molecule has 0 aliphatic carbocycles. The van der Waals surface area contributed by atoms with Gasteiger partial charge in [-0.3, -0.25) is 4.57 Å². The topological polar surface area (TPSA) is 55.6 Å². The normalized spacial score (nSPS) is 10.7. The monoisotopic (exact) mass is 237 g/mol. The minimum atomic E-state index is 0.811. The van der Waals surface area contributed by atoms with E-state index in [1.807, 2.05) is 23.8 Å². The molecule has 0 amide bonds. The quantitative estimate of drug-likeness (QED) is 0.885. The van der Waals surface area contributed by atoms with Gasteiger partial charge in [0, 0.05) is 18.5 Å². The Bertz CT molecular complexity index is 473. The average Bonchev–Trinajstić information content (AvgIpc) is 2.85. The van der Waals surface area contributed by atoms with Crippen LogP contribution in [0.2, 0.25) is 0 Å². The van der Waals surface area contributed by atoms with Crippen molar-refractivity contribution in [3.63, 3.8) is 0 Å². The lowest BCUT2D eigenvalue weighted by atomic mass is 10.4. The number of nitrogens with one attached hydrogen (secondary N) is 1. The highest BCUT2D eigenvalue weighted by Gasteiger charge is 2.13. The Balaban J connectivity index is 2.41. The van der Waals surface area contributed by atoms with Gasteiger partial charge in [-0.25, -0.2) is 4.98 Å². The van der Waals surface area contributed by atoms with Crippen LogP contribution in [-0.2, 0) is 6.54 Å². The molecule has 1 N–H and O–H groups in total. The number of rotatable bonds is 4. The van der Waals surface area contributed by atoms with E-state index in [-0.39, 0.29) is 0 Å². The van der Waals surface area contributed by atoms with Crippen molar-refractivity contribution in [3.8, 4) is 11.5 Å². The number of anilines is 1. The first-order valence-corrected chi connectivity index (χ1v) is 6.23. The maximum absolute atomic E-state index is 4.43. The van der Waals surface area contributed by atoms with Crippen molar-refractivity contribution in [2.75, 3.05) is 11.9 Å². The van der Waals surface area contributed by atoms with Crippen LogP contribution in [0.1, 0.15) is 18.9 Å². The first kappa shape index (κ1) is 11.1. The molecule has 86 valence electrons. The number of aromatic nitrogens is 4. The van der Waals surface area contributed by atoms with Gasteiger partial charge in [-0.1, -0.05) is 0 Å². The minimum Gasteiger partial charge on any atom is -0.355 e. The number of aryl methyl sites for hydroxylation is 1. The average molecular weight is 237 g/mol. The van der Waals surface area contributed by atoms with Crippen LogP contribution in [0.5, 0.6) is 0 Å². The van der Waals surface area contributed by atoms with Gasteiger partial charge in [0.05, 0.1) is 5.01 Å². The number of hydrogen-bond acceptors (Lipinski definition) is 5. The van der Waals surface area contributed by atoms with Gasteiger partial charge in [0.2, 0.25) is 5.95 Å². The molecule has 2 aromatic heterocycles. The van der Waals surface area contributed by atoms with Crippen LogP contribution in [-0.4, -0.2) is 26.3 Å². The standard InChI is InChI=1S/C10H15N5S/c1-4-11-10-14-13-9(15(10)5-2)8-6-16-7(3)12-8/h6H,4-5H2,1-3H3,(H,11,14). The molecular weight excluding hydrogens is 222 g/mol. The van der Waals surface area contributed by atoms with E-state index in [1.54, 1.807) is 11.3 Å². The lowest BCUT2D eigenvalue weighted by molar-refractivity contribution is 0.768. The zero-order chi connectivity index (χ0) is 11.5. The molecule has 2 rings (SSSR count). The van der Waals surface area contributed by atoms with E-state index in [4.69, 9.17) is 0 Å². The summed E-state index contributed by atoms with van der Waals surface area (Å²) in [7, 11) is 0. The largest absolute Gasteiger partial charge is 0.355 e. The zero-order valence-electron chi connectivity index (χ0n) is 9.69. The summed E-state index contributed by atoms with van der Waals surface area (Å²) in [5, 5.41) is 14.6. The van der Waals surface area contributed by atoms with E-state index in [9.17, 15) is 0 Å². The summed E-state index contributed by atoms with van der Waals surface area (Å²) >= 11 is 1.63. The number of hydrogen-bond donors (Lipinski definition) is 1. The fraction of sp³-hybridized carbons (Fsp3) is 0.500. The van der Waals surface area contributed by atoms with E-state index >= 15 is 0 Å². The van der Waals surface area contributed by atoms with Gasteiger partial charge in [-0.05, 0) is 20.8 Å². The van der Waals surface area contributed by atoms with Crippen molar-refractivity contribution in [1.82, 2.24) is 19.7 Å². The summed E-state index contributed by atoms with van der Waals surface area (Å²) in [6, 6.07) is 0. The van der Waals surface area contributed by atoms with Crippen molar-refractivity contribution >= 4 is 17.3 Å². The SMILES string of the molecule is CCNc1nnc(-c2csc(C)n2)n1CC. The van der Waals surface area contributed by atoms with Crippen LogP contribution >= 0.6 is 11.3 Å². The molecule has 0 aromatic carbocycles. The molecule has 0 aliphatic rings. The molecule has 6 heteroatoms. The van der Waals surface area contributed by atoms with Crippen molar-refractivity contribution < 1.29 is 0 Å². The third-order valence-corrected chi connectivity index (χ3v) is 3.02. The molecule has 0 unspecified atom stereocenters. The fourth-order valence-corrected chi connectivity index (χ4v) is 2.14. The summed E-state index contributed by atoms with van der Waals surface area (Å²) in [5.41, 5.74) is 0.904. The molecule has 2 aromatic rings. The molecule has 0 saturated heterocycles. The molecular formula is C10H15N5S. The lowest BCUT2D eigenvalue weighted by Gasteiger charge is -2.06. The fourth-order valence-electron chi connectivity index (χ4n) is 1.55. The van der Waals surface area contributed by atoms with Crippen LogP contribution in [0.3, 0.4) is 0 Å². The van der Waals surface area contributed by atoms with Gasteiger partial charge in [-0.2, -0.15) is 0 Å². The molecule has 0 fully saturated rings. The molecule has 0 atom stereocenters. The van der Waals surface area contributed by atoms with Crippen LogP contribution in [0.15, 0.2) is 5.38 Å². The molecule has 16 heavy (non-hydrogen) atoms. The molecule has 0 saturated carbocycles. The Morgan fingerprint density at radius 1 is 1.38 bits per heavy atom. The minimum absolute atomic E-state index is 0.811. The first-order valence-electron chi connectivity index (χ1n) is 5.35.